The highest BCUT2D eigenvalue weighted by Gasteiger charge is 2.22. The second-order valence-corrected chi connectivity index (χ2v) is 6.62. The Morgan fingerprint density at radius 1 is 1.38 bits per heavy atom. The van der Waals surface area contributed by atoms with Crippen LogP contribution in [0.2, 0.25) is 0 Å². The predicted octanol–water partition coefficient (Wildman–Crippen LogP) is 4.81. The molecule has 0 unspecified atom stereocenters. The largest absolute Gasteiger partial charge is 0.462 e. The van der Waals surface area contributed by atoms with Gasteiger partial charge in [0.05, 0.1) is 12.3 Å². The van der Waals surface area contributed by atoms with Crippen molar-refractivity contribution in [2.75, 3.05) is 12.3 Å². The van der Waals surface area contributed by atoms with Gasteiger partial charge in [-0.15, -0.1) is 11.3 Å². The summed E-state index contributed by atoms with van der Waals surface area (Å²) in [6.07, 6.45) is 0.784. The van der Waals surface area contributed by atoms with Crippen LogP contribution >= 0.6 is 27.3 Å². The standard InChI is InChI=1S/C16H18BrNO2S/c1-4-11-13(18)15(16(19)20-5-2)21-14(11)12-7-6-10(17)8-9(12)3/h6-8H,4-5,18H2,1-3H3. The van der Waals surface area contributed by atoms with E-state index in [1.807, 2.05) is 13.0 Å². The number of hydrogen-bond donors (Lipinski definition) is 1. The molecule has 0 saturated carbocycles. The Kier molecular flexibility index (Phi) is 5.06. The molecule has 1 aromatic carbocycles. The Balaban J connectivity index is 2.58. The van der Waals surface area contributed by atoms with E-state index in [0.717, 1.165) is 32.5 Å². The zero-order valence-corrected chi connectivity index (χ0v) is 14.7. The predicted molar refractivity (Wildman–Crippen MR) is 91.9 cm³/mol. The van der Waals surface area contributed by atoms with Gasteiger partial charge in [0.25, 0.3) is 0 Å². The molecule has 3 nitrogen and oxygen atoms in total. The Morgan fingerprint density at radius 2 is 2.10 bits per heavy atom. The van der Waals surface area contributed by atoms with Crippen LogP contribution in [0.3, 0.4) is 0 Å². The summed E-state index contributed by atoms with van der Waals surface area (Å²) in [5, 5.41) is 0. The van der Waals surface area contributed by atoms with Crippen LogP contribution in [0.4, 0.5) is 5.69 Å². The Hall–Kier alpha value is -1.33. The number of benzene rings is 1. The molecule has 0 aliphatic carbocycles. The molecule has 0 bridgehead atoms. The molecule has 0 amide bonds. The number of rotatable bonds is 4. The average Bonchev–Trinajstić information content (AvgIpc) is 2.76. The van der Waals surface area contributed by atoms with Gasteiger partial charge in [0, 0.05) is 9.35 Å². The SMILES string of the molecule is CCOC(=O)c1sc(-c2ccc(Br)cc2C)c(CC)c1N. The van der Waals surface area contributed by atoms with Crippen LogP contribution in [-0.4, -0.2) is 12.6 Å². The van der Waals surface area contributed by atoms with Crippen LogP contribution in [0, 0.1) is 6.92 Å². The smallest absolute Gasteiger partial charge is 0.350 e. The van der Waals surface area contributed by atoms with Crippen molar-refractivity contribution in [1.29, 1.82) is 0 Å². The zero-order chi connectivity index (χ0) is 15.6. The minimum Gasteiger partial charge on any atom is -0.462 e. The molecule has 1 aromatic heterocycles. The van der Waals surface area contributed by atoms with Crippen LogP contribution in [0.5, 0.6) is 0 Å². The Bertz CT molecular complexity index is 679. The number of anilines is 1. The maximum absolute atomic E-state index is 12.0. The van der Waals surface area contributed by atoms with Crippen molar-refractivity contribution in [2.45, 2.75) is 27.2 Å². The van der Waals surface area contributed by atoms with Gasteiger partial charge in [-0.2, -0.15) is 0 Å². The maximum Gasteiger partial charge on any atom is 0.350 e. The van der Waals surface area contributed by atoms with Gasteiger partial charge in [-0.1, -0.05) is 28.9 Å². The highest BCUT2D eigenvalue weighted by molar-refractivity contribution is 9.10. The number of esters is 1. The lowest BCUT2D eigenvalue weighted by Gasteiger charge is -2.07. The van der Waals surface area contributed by atoms with Gasteiger partial charge in [-0.3, -0.25) is 0 Å². The van der Waals surface area contributed by atoms with Crippen LogP contribution in [0.15, 0.2) is 22.7 Å². The summed E-state index contributed by atoms with van der Waals surface area (Å²) >= 11 is 4.89. The second-order valence-electron chi connectivity index (χ2n) is 4.69. The molecule has 0 saturated heterocycles. The number of halogens is 1. The topological polar surface area (TPSA) is 52.3 Å². The number of thiophene rings is 1. The number of carbonyl (C=O) groups is 1. The second kappa shape index (κ2) is 6.62. The first-order chi connectivity index (χ1) is 9.99. The molecule has 2 aromatic rings. The van der Waals surface area contributed by atoms with E-state index >= 15 is 0 Å². The van der Waals surface area contributed by atoms with Gasteiger partial charge in [-0.05, 0) is 49.1 Å². The third-order valence-corrected chi connectivity index (χ3v) is 5.05. The molecule has 112 valence electrons. The van der Waals surface area contributed by atoms with Crippen molar-refractivity contribution >= 4 is 38.9 Å². The van der Waals surface area contributed by atoms with Crippen molar-refractivity contribution in [3.05, 3.63) is 38.7 Å². The third kappa shape index (κ3) is 3.14. The van der Waals surface area contributed by atoms with Crippen LogP contribution in [0.1, 0.15) is 34.6 Å². The van der Waals surface area contributed by atoms with E-state index in [1.54, 1.807) is 6.92 Å². The minimum atomic E-state index is -0.337. The highest BCUT2D eigenvalue weighted by Crippen LogP contribution is 2.41. The summed E-state index contributed by atoms with van der Waals surface area (Å²) in [7, 11) is 0. The normalized spacial score (nSPS) is 10.7. The summed E-state index contributed by atoms with van der Waals surface area (Å²) in [6, 6.07) is 6.12. The lowest BCUT2D eigenvalue weighted by Crippen LogP contribution is -2.05. The van der Waals surface area contributed by atoms with Crippen molar-refractivity contribution in [3.8, 4) is 10.4 Å². The molecule has 0 aliphatic rings. The number of aryl methyl sites for hydroxylation is 1. The van der Waals surface area contributed by atoms with Gasteiger partial charge in [0.15, 0.2) is 0 Å². The lowest BCUT2D eigenvalue weighted by molar-refractivity contribution is 0.0533. The Labute approximate surface area is 137 Å². The molecule has 2 rings (SSSR count). The van der Waals surface area contributed by atoms with E-state index in [0.29, 0.717) is 17.2 Å². The van der Waals surface area contributed by atoms with Crippen LogP contribution in [-0.2, 0) is 11.2 Å². The molecule has 0 aliphatic heterocycles. The molecule has 0 atom stereocenters. The molecule has 1 heterocycles. The summed E-state index contributed by atoms with van der Waals surface area (Å²) in [6.45, 7) is 6.25. The molecule has 2 N–H and O–H groups in total. The summed E-state index contributed by atoms with van der Waals surface area (Å²) in [5.74, 6) is -0.337. The van der Waals surface area contributed by atoms with Crippen molar-refractivity contribution in [3.63, 3.8) is 0 Å². The van der Waals surface area contributed by atoms with Gasteiger partial charge < -0.3 is 10.5 Å². The number of nitrogen functional groups attached to an aromatic ring is 1. The quantitative estimate of drug-likeness (QED) is 0.788. The molecular weight excluding hydrogens is 350 g/mol. The van der Waals surface area contributed by atoms with Crippen LogP contribution < -0.4 is 5.73 Å². The number of hydrogen-bond acceptors (Lipinski definition) is 4. The van der Waals surface area contributed by atoms with E-state index in [4.69, 9.17) is 10.5 Å². The lowest BCUT2D eigenvalue weighted by atomic mass is 10.0. The van der Waals surface area contributed by atoms with Gasteiger partial charge in [0.2, 0.25) is 0 Å². The maximum atomic E-state index is 12.0. The Morgan fingerprint density at radius 3 is 2.67 bits per heavy atom. The monoisotopic (exact) mass is 367 g/mol. The first-order valence-electron chi connectivity index (χ1n) is 6.84. The van der Waals surface area contributed by atoms with E-state index in [1.165, 1.54) is 11.3 Å². The fraction of sp³-hybridized carbons (Fsp3) is 0.312. The average molecular weight is 368 g/mol. The van der Waals surface area contributed by atoms with Gasteiger partial charge in [0.1, 0.15) is 4.88 Å². The number of nitrogens with two attached hydrogens (primary N) is 1. The van der Waals surface area contributed by atoms with Crippen molar-refractivity contribution < 1.29 is 9.53 Å². The molecule has 21 heavy (non-hydrogen) atoms. The molecule has 5 heteroatoms. The molecule has 0 spiro atoms. The van der Waals surface area contributed by atoms with E-state index in [9.17, 15) is 4.79 Å². The van der Waals surface area contributed by atoms with E-state index in [2.05, 4.69) is 35.0 Å². The summed E-state index contributed by atoms with van der Waals surface area (Å²) in [5.41, 5.74) is 10.0. The fourth-order valence-corrected chi connectivity index (χ4v) is 4.05. The minimum absolute atomic E-state index is 0.337. The molecular formula is C16H18BrNO2S. The number of ether oxygens (including phenoxy) is 1. The van der Waals surface area contributed by atoms with Gasteiger partial charge in [-0.25, -0.2) is 4.79 Å². The van der Waals surface area contributed by atoms with Crippen molar-refractivity contribution in [1.82, 2.24) is 0 Å². The molecule has 0 radical (unpaired) electrons. The van der Waals surface area contributed by atoms with Gasteiger partial charge >= 0.3 is 5.97 Å². The third-order valence-electron chi connectivity index (χ3n) is 3.30. The fourth-order valence-electron chi connectivity index (χ4n) is 2.28. The van der Waals surface area contributed by atoms with E-state index in [-0.39, 0.29) is 5.97 Å². The number of carbonyl (C=O) groups excluding carboxylic acids is 1. The first-order valence-corrected chi connectivity index (χ1v) is 8.45. The van der Waals surface area contributed by atoms with Crippen molar-refractivity contribution in [2.24, 2.45) is 0 Å². The molecule has 0 fully saturated rings. The first kappa shape index (κ1) is 16.0. The van der Waals surface area contributed by atoms with Crippen LogP contribution in [0.25, 0.3) is 10.4 Å². The zero-order valence-electron chi connectivity index (χ0n) is 12.3. The van der Waals surface area contributed by atoms with E-state index < -0.39 is 0 Å². The summed E-state index contributed by atoms with van der Waals surface area (Å²) in [4.78, 5) is 13.6. The summed E-state index contributed by atoms with van der Waals surface area (Å²) < 4.78 is 6.13. The highest BCUT2D eigenvalue weighted by atomic mass is 79.9.